The SMILES string of the molecule is Cc1ccc(NC(=O)CCn2nc(C(=O)N3c4ccccc4C[C@@H]3C)ccc2=O)cc1F. The largest absolute Gasteiger partial charge is 0.326 e. The number of para-hydroxylation sites is 1. The third-order valence-electron chi connectivity index (χ3n) is 5.52. The molecule has 0 fully saturated rings. The van der Waals surface area contributed by atoms with Gasteiger partial charge in [-0.05, 0) is 55.7 Å². The van der Waals surface area contributed by atoms with E-state index in [1.165, 1.54) is 18.2 Å². The number of hydrogen-bond donors (Lipinski definition) is 1. The summed E-state index contributed by atoms with van der Waals surface area (Å²) in [4.78, 5) is 39.3. The lowest BCUT2D eigenvalue weighted by molar-refractivity contribution is -0.116. The number of carbonyl (C=O) groups is 2. The van der Waals surface area contributed by atoms with Crippen molar-refractivity contribution in [1.82, 2.24) is 9.78 Å². The van der Waals surface area contributed by atoms with Gasteiger partial charge >= 0.3 is 0 Å². The van der Waals surface area contributed by atoms with Crippen LogP contribution in [0.25, 0.3) is 0 Å². The fraction of sp³-hybridized carbons (Fsp3) is 0.250. The summed E-state index contributed by atoms with van der Waals surface area (Å²) in [7, 11) is 0. The Balaban J connectivity index is 1.47. The molecule has 0 saturated carbocycles. The number of anilines is 2. The molecule has 2 aromatic carbocycles. The van der Waals surface area contributed by atoms with Crippen LogP contribution in [0.2, 0.25) is 0 Å². The maximum absolute atomic E-state index is 13.7. The number of nitrogens with zero attached hydrogens (tertiary/aromatic N) is 3. The van der Waals surface area contributed by atoms with Crippen molar-refractivity contribution < 1.29 is 14.0 Å². The molecule has 1 aliphatic rings. The Morgan fingerprint density at radius 2 is 1.94 bits per heavy atom. The first-order chi connectivity index (χ1) is 15.3. The zero-order valence-corrected chi connectivity index (χ0v) is 17.8. The highest BCUT2D eigenvalue weighted by Crippen LogP contribution is 2.32. The van der Waals surface area contributed by atoms with Crippen molar-refractivity contribution in [2.75, 3.05) is 10.2 Å². The van der Waals surface area contributed by atoms with Gasteiger partial charge < -0.3 is 10.2 Å². The van der Waals surface area contributed by atoms with E-state index in [0.29, 0.717) is 11.3 Å². The number of nitrogens with one attached hydrogen (secondary N) is 1. The van der Waals surface area contributed by atoms with Crippen LogP contribution in [0.1, 0.15) is 35.0 Å². The van der Waals surface area contributed by atoms with Crippen LogP contribution >= 0.6 is 0 Å². The van der Waals surface area contributed by atoms with Gasteiger partial charge in [-0.15, -0.1) is 0 Å². The molecule has 2 heterocycles. The summed E-state index contributed by atoms with van der Waals surface area (Å²) >= 11 is 0. The van der Waals surface area contributed by atoms with E-state index in [-0.39, 0.29) is 36.5 Å². The molecule has 3 aromatic rings. The van der Waals surface area contributed by atoms with Gasteiger partial charge in [-0.2, -0.15) is 5.10 Å². The van der Waals surface area contributed by atoms with E-state index in [0.717, 1.165) is 22.4 Å². The van der Waals surface area contributed by atoms with Gasteiger partial charge in [-0.1, -0.05) is 24.3 Å². The number of fused-ring (bicyclic) bond motifs is 1. The summed E-state index contributed by atoms with van der Waals surface area (Å²) in [5, 5.41) is 6.80. The van der Waals surface area contributed by atoms with Gasteiger partial charge in [0.25, 0.3) is 11.5 Å². The molecule has 8 heteroatoms. The molecule has 1 aliphatic heterocycles. The van der Waals surface area contributed by atoms with Gasteiger partial charge in [-0.3, -0.25) is 14.4 Å². The Labute approximate surface area is 184 Å². The number of rotatable bonds is 5. The molecule has 32 heavy (non-hydrogen) atoms. The molecule has 7 nitrogen and oxygen atoms in total. The number of aryl methyl sites for hydroxylation is 2. The molecular weight excluding hydrogens is 411 g/mol. The first-order valence-corrected chi connectivity index (χ1v) is 10.4. The Morgan fingerprint density at radius 1 is 1.16 bits per heavy atom. The Hall–Kier alpha value is -3.81. The summed E-state index contributed by atoms with van der Waals surface area (Å²) < 4.78 is 14.8. The van der Waals surface area contributed by atoms with Gasteiger partial charge in [0.2, 0.25) is 5.91 Å². The van der Waals surface area contributed by atoms with Crippen LogP contribution in [0.4, 0.5) is 15.8 Å². The molecule has 0 saturated heterocycles. The van der Waals surface area contributed by atoms with Crippen LogP contribution in [0, 0.1) is 12.7 Å². The highest BCUT2D eigenvalue weighted by molar-refractivity contribution is 6.06. The van der Waals surface area contributed by atoms with Gasteiger partial charge in [0, 0.05) is 29.9 Å². The molecule has 4 rings (SSSR count). The maximum Gasteiger partial charge on any atom is 0.278 e. The van der Waals surface area contributed by atoms with E-state index in [1.807, 2.05) is 31.2 Å². The molecule has 0 radical (unpaired) electrons. The number of hydrogen-bond acceptors (Lipinski definition) is 4. The highest BCUT2D eigenvalue weighted by atomic mass is 19.1. The quantitative estimate of drug-likeness (QED) is 0.668. The van der Waals surface area contributed by atoms with Crippen LogP contribution in [0.5, 0.6) is 0 Å². The number of halogens is 1. The first-order valence-electron chi connectivity index (χ1n) is 10.4. The highest BCUT2D eigenvalue weighted by Gasteiger charge is 2.32. The average Bonchev–Trinajstić information content (AvgIpc) is 3.11. The molecule has 164 valence electrons. The van der Waals surface area contributed by atoms with Crippen molar-refractivity contribution >= 4 is 23.2 Å². The zero-order valence-electron chi connectivity index (χ0n) is 17.8. The topological polar surface area (TPSA) is 84.3 Å². The molecule has 0 spiro atoms. The monoisotopic (exact) mass is 434 g/mol. The van der Waals surface area contributed by atoms with E-state index in [4.69, 9.17) is 0 Å². The smallest absolute Gasteiger partial charge is 0.278 e. The predicted octanol–water partition coefficient (Wildman–Crippen LogP) is 3.31. The van der Waals surface area contributed by atoms with Gasteiger partial charge in [0.1, 0.15) is 11.5 Å². The standard InChI is InChI=1S/C24H23FN4O3/c1-15-7-8-18(14-19(15)25)26-22(30)11-12-28-23(31)10-9-20(27-28)24(32)29-16(2)13-17-5-3-4-6-21(17)29/h3-10,14,16H,11-13H2,1-2H3,(H,26,30)/t16-/m0/s1. The normalized spacial score (nSPS) is 14.8. The summed E-state index contributed by atoms with van der Waals surface area (Å²) in [6.07, 6.45) is 0.699. The minimum Gasteiger partial charge on any atom is -0.326 e. The minimum atomic E-state index is -0.412. The van der Waals surface area contributed by atoms with E-state index < -0.39 is 11.4 Å². The molecule has 1 N–H and O–H groups in total. The minimum absolute atomic E-state index is 0.00767. The van der Waals surface area contributed by atoms with Crippen LogP contribution in [-0.2, 0) is 17.8 Å². The number of benzene rings is 2. The van der Waals surface area contributed by atoms with Gasteiger partial charge in [0.15, 0.2) is 0 Å². The van der Waals surface area contributed by atoms with Crippen molar-refractivity contribution in [2.45, 2.75) is 39.3 Å². The third kappa shape index (κ3) is 4.30. The van der Waals surface area contributed by atoms with Crippen molar-refractivity contribution in [3.63, 3.8) is 0 Å². The summed E-state index contributed by atoms with van der Waals surface area (Å²) in [6.45, 7) is 3.59. The lowest BCUT2D eigenvalue weighted by atomic mass is 10.1. The lowest BCUT2D eigenvalue weighted by Gasteiger charge is -2.22. The van der Waals surface area contributed by atoms with Crippen LogP contribution in [0.15, 0.2) is 59.4 Å². The molecular formula is C24H23FN4O3. The molecule has 1 atom stereocenters. The van der Waals surface area contributed by atoms with E-state index in [2.05, 4.69) is 10.4 Å². The molecule has 0 bridgehead atoms. The molecule has 0 unspecified atom stereocenters. The van der Waals surface area contributed by atoms with Gasteiger partial charge in [0.05, 0.1) is 6.54 Å². The number of carbonyl (C=O) groups excluding carboxylic acids is 2. The fourth-order valence-corrected chi connectivity index (χ4v) is 3.82. The Kier molecular flexibility index (Phi) is 5.85. The molecule has 1 aromatic heterocycles. The van der Waals surface area contributed by atoms with Crippen LogP contribution in [0.3, 0.4) is 0 Å². The number of amides is 2. The second kappa shape index (κ2) is 8.74. The Morgan fingerprint density at radius 3 is 2.72 bits per heavy atom. The van der Waals surface area contributed by atoms with E-state index >= 15 is 0 Å². The van der Waals surface area contributed by atoms with Crippen LogP contribution < -0.4 is 15.8 Å². The van der Waals surface area contributed by atoms with Crippen molar-refractivity contribution in [3.05, 3.63) is 87.6 Å². The Bertz CT molecular complexity index is 1250. The molecule has 0 aliphatic carbocycles. The fourth-order valence-electron chi connectivity index (χ4n) is 3.82. The predicted molar refractivity (Wildman–Crippen MR) is 119 cm³/mol. The van der Waals surface area contributed by atoms with Crippen LogP contribution in [-0.4, -0.2) is 27.6 Å². The second-order valence-electron chi connectivity index (χ2n) is 7.90. The molecule has 2 amide bonds. The van der Waals surface area contributed by atoms with Gasteiger partial charge in [-0.25, -0.2) is 9.07 Å². The van der Waals surface area contributed by atoms with Crippen molar-refractivity contribution in [1.29, 1.82) is 0 Å². The number of aromatic nitrogens is 2. The lowest BCUT2D eigenvalue weighted by Crippen LogP contribution is -2.37. The summed E-state index contributed by atoms with van der Waals surface area (Å²) in [5.74, 6) is -1.10. The summed E-state index contributed by atoms with van der Waals surface area (Å²) in [5.41, 5.74) is 2.47. The van der Waals surface area contributed by atoms with Crippen molar-refractivity contribution in [2.24, 2.45) is 0 Å². The third-order valence-corrected chi connectivity index (χ3v) is 5.52. The van der Waals surface area contributed by atoms with Crippen molar-refractivity contribution in [3.8, 4) is 0 Å². The summed E-state index contributed by atoms with van der Waals surface area (Å²) in [6, 6.07) is 14.8. The van der Waals surface area contributed by atoms with E-state index in [9.17, 15) is 18.8 Å². The maximum atomic E-state index is 13.7. The first kappa shape index (κ1) is 21.4. The average molecular weight is 434 g/mol. The second-order valence-corrected chi connectivity index (χ2v) is 7.90. The zero-order chi connectivity index (χ0) is 22.8. The van der Waals surface area contributed by atoms with E-state index in [1.54, 1.807) is 24.0 Å².